The predicted octanol–water partition coefficient (Wildman–Crippen LogP) is 3.61. The Morgan fingerprint density at radius 2 is 1.90 bits per heavy atom. The van der Waals surface area contributed by atoms with Gasteiger partial charge in [-0.3, -0.25) is 19.5 Å². The van der Waals surface area contributed by atoms with Gasteiger partial charge in [0.2, 0.25) is 5.91 Å². The Balaban J connectivity index is 2.14. The van der Waals surface area contributed by atoms with Crippen LogP contribution in [0.15, 0.2) is 48.8 Å². The minimum absolute atomic E-state index is 0.266. The van der Waals surface area contributed by atoms with Crippen molar-refractivity contribution in [1.82, 2.24) is 15.3 Å². The average molecular weight is 439 g/mol. The third-order valence-electron chi connectivity index (χ3n) is 4.73. The Morgan fingerprint density at radius 1 is 1.16 bits per heavy atom. The van der Waals surface area contributed by atoms with Crippen molar-refractivity contribution >= 4 is 28.8 Å². The van der Waals surface area contributed by atoms with Crippen molar-refractivity contribution in [2.45, 2.75) is 26.8 Å². The molecule has 3 rings (SSSR count). The van der Waals surface area contributed by atoms with Gasteiger partial charge in [-0.15, -0.1) is 11.3 Å². The zero-order valence-corrected chi connectivity index (χ0v) is 18.9. The number of hydrogen-bond donors (Lipinski definition) is 1. The van der Waals surface area contributed by atoms with Gasteiger partial charge in [-0.2, -0.15) is 0 Å². The molecule has 1 N–H and O–H groups in total. The van der Waals surface area contributed by atoms with Crippen LogP contribution in [-0.2, 0) is 9.53 Å². The second-order valence-electron chi connectivity index (χ2n) is 7.13. The number of hydrogen-bond acceptors (Lipinski definition) is 6. The number of benzene rings is 1. The third-order valence-corrected chi connectivity index (χ3v) is 5.79. The van der Waals surface area contributed by atoms with E-state index in [1.165, 1.54) is 11.3 Å². The molecule has 0 aliphatic heterocycles. The maximum Gasteiger partial charge on any atom is 0.271 e. The van der Waals surface area contributed by atoms with Crippen molar-refractivity contribution in [3.8, 4) is 0 Å². The number of carbonyl (C=O) groups is 2. The highest BCUT2D eigenvalue weighted by molar-refractivity contribution is 7.13. The first-order valence-electron chi connectivity index (χ1n) is 9.93. The van der Waals surface area contributed by atoms with Crippen LogP contribution in [-0.4, -0.2) is 42.0 Å². The topological polar surface area (TPSA) is 84.4 Å². The van der Waals surface area contributed by atoms with Gasteiger partial charge in [0.25, 0.3) is 5.91 Å². The van der Waals surface area contributed by atoms with Gasteiger partial charge < -0.3 is 10.1 Å². The van der Waals surface area contributed by atoms with E-state index in [2.05, 4.69) is 15.3 Å². The predicted molar refractivity (Wildman–Crippen MR) is 121 cm³/mol. The van der Waals surface area contributed by atoms with Gasteiger partial charge in [0.1, 0.15) is 10.9 Å². The SMILES string of the molecule is COCCNC(=O)[C@@H](c1ccncc1)N(C(=O)c1sc(C)nc1C)c1cccc(C)c1. The van der Waals surface area contributed by atoms with Gasteiger partial charge in [-0.05, 0) is 56.2 Å². The van der Waals surface area contributed by atoms with E-state index in [-0.39, 0.29) is 11.8 Å². The summed E-state index contributed by atoms with van der Waals surface area (Å²) < 4.78 is 5.06. The molecule has 0 radical (unpaired) electrons. The lowest BCUT2D eigenvalue weighted by atomic mass is 10.0. The van der Waals surface area contributed by atoms with Gasteiger partial charge in [0, 0.05) is 31.7 Å². The van der Waals surface area contributed by atoms with Crippen LogP contribution in [0, 0.1) is 20.8 Å². The fraction of sp³-hybridized carbons (Fsp3) is 0.304. The molecule has 2 amide bonds. The molecule has 2 heterocycles. The summed E-state index contributed by atoms with van der Waals surface area (Å²) in [6.45, 7) is 6.34. The lowest BCUT2D eigenvalue weighted by molar-refractivity contribution is -0.122. The van der Waals surface area contributed by atoms with Gasteiger partial charge in [0.05, 0.1) is 17.3 Å². The number of methoxy groups -OCH3 is 1. The van der Waals surface area contributed by atoms with Crippen molar-refractivity contribution in [2.75, 3.05) is 25.2 Å². The normalized spacial score (nSPS) is 11.7. The van der Waals surface area contributed by atoms with E-state index in [0.717, 1.165) is 10.6 Å². The van der Waals surface area contributed by atoms with E-state index in [0.29, 0.717) is 35.0 Å². The van der Waals surface area contributed by atoms with Crippen molar-refractivity contribution in [3.63, 3.8) is 0 Å². The first-order chi connectivity index (χ1) is 14.9. The van der Waals surface area contributed by atoms with E-state index in [1.807, 2.05) is 45.0 Å². The lowest BCUT2D eigenvalue weighted by Gasteiger charge is -2.31. The van der Waals surface area contributed by atoms with Crippen LogP contribution >= 0.6 is 11.3 Å². The number of nitrogens with zero attached hydrogens (tertiary/aromatic N) is 3. The van der Waals surface area contributed by atoms with Crippen LogP contribution < -0.4 is 10.2 Å². The Morgan fingerprint density at radius 3 is 2.52 bits per heavy atom. The van der Waals surface area contributed by atoms with Crippen LogP contribution in [0.25, 0.3) is 0 Å². The molecule has 0 spiro atoms. The molecule has 3 aromatic rings. The van der Waals surface area contributed by atoms with Crippen LogP contribution in [0.4, 0.5) is 5.69 Å². The lowest BCUT2D eigenvalue weighted by Crippen LogP contribution is -2.44. The number of pyridine rings is 1. The van der Waals surface area contributed by atoms with Gasteiger partial charge in [-0.25, -0.2) is 4.98 Å². The molecule has 0 saturated carbocycles. The van der Waals surface area contributed by atoms with Gasteiger partial charge in [0.15, 0.2) is 0 Å². The highest BCUT2D eigenvalue weighted by atomic mass is 32.1. The standard InChI is InChI=1S/C23H26N4O3S/c1-15-6-5-7-19(14-15)27(23(29)21-16(2)26-17(3)31-21)20(18-8-10-24-11-9-18)22(28)25-12-13-30-4/h5-11,14,20H,12-13H2,1-4H3,(H,25,28)/t20-/m1/s1. The molecular formula is C23H26N4O3S. The average Bonchev–Trinajstić information content (AvgIpc) is 3.10. The van der Waals surface area contributed by atoms with Crippen LogP contribution in [0.3, 0.4) is 0 Å². The summed E-state index contributed by atoms with van der Waals surface area (Å²) >= 11 is 1.33. The fourth-order valence-corrected chi connectivity index (χ4v) is 4.19. The number of nitrogens with one attached hydrogen (secondary N) is 1. The first kappa shape index (κ1) is 22.6. The van der Waals surface area contributed by atoms with Crippen LogP contribution in [0.2, 0.25) is 0 Å². The molecule has 8 heteroatoms. The minimum atomic E-state index is -0.879. The number of aromatic nitrogens is 2. The van der Waals surface area contributed by atoms with E-state index >= 15 is 0 Å². The number of amides is 2. The highest BCUT2D eigenvalue weighted by Crippen LogP contribution is 2.32. The molecule has 0 saturated heterocycles. The zero-order chi connectivity index (χ0) is 22.4. The number of rotatable bonds is 8. The fourth-order valence-electron chi connectivity index (χ4n) is 3.34. The molecule has 0 fully saturated rings. The Bertz CT molecular complexity index is 1050. The molecule has 31 heavy (non-hydrogen) atoms. The smallest absolute Gasteiger partial charge is 0.271 e. The second-order valence-corrected chi connectivity index (χ2v) is 8.33. The quantitative estimate of drug-likeness (QED) is 0.543. The Labute approximate surface area is 186 Å². The number of aryl methyl sites for hydroxylation is 3. The van der Waals surface area contributed by atoms with Crippen molar-refractivity contribution < 1.29 is 14.3 Å². The second kappa shape index (κ2) is 10.3. The van der Waals surface area contributed by atoms with E-state index < -0.39 is 6.04 Å². The number of carbonyl (C=O) groups excluding carboxylic acids is 2. The number of anilines is 1. The van der Waals surface area contributed by atoms with Crippen LogP contribution in [0.5, 0.6) is 0 Å². The van der Waals surface area contributed by atoms with Crippen molar-refractivity contribution in [3.05, 3.63) is 75.5 Å². The molecule has 162 valence electrons. The van der Waals surface area contributed by atoms with Gasteiger partial charge >= 0.3 is 0 Å². The summed E-state index contributed by atoms with van der Waals surface area (Å²) in [6, 6.07) is 10.2. The Hall–Kier alpha value is -3.10. The van der Waals surface area contributed by atoms with Gasteiger partial charge in [-0.1, -0.05) is 12.1 Å². The minimum Gasteiger partial charge on any atom is -0.383 e. The molecule has 0 unspecified atom stereocenters. The van der Waals surface area contributed by atoms with E-state index in [1.54, 1.807) is 36.5 Å². The summed E-state index contributed by atoms with van der Waals surface area (Å²) in [5.41, 5.74) is 2.94. The number of ether oxygens (including phenoxy) is 1. The summed E-state index contributed by atoms with van der Waals surface area (Å²) in [5, 5.41) is 3.68. The number of thiazole rings is 1. The molecule has 2 aromatic heterocycles. The van der Waals surface area contributed by atoms with E-state index in [9.17, 15) is 9.59 Å². The third kappa shape index (κ3) is 5.34. The molecule has 0 aliphatic rings. The molecule has 7 nitrogen and oxygen atoms in total. The Kier molecular flexibility index (Phi) is 7.49. The van der Waals surface area contributed by atoms with Crippen molar-refractivity contribution in [2.24, 2.45) is 0 Å². The maximum absolute atomic E-state index is 13.8. The first-order valence-corrected chi connectivity index (χ1v) is 10.7. The summed E-state index contributed by atoms with van der Waals surface area (Å²) in [7, 11) is 1.57. The highest BCUT2D eigenvalue weighted by Gasteiger charge is 2.34. The molecular weight excluding hydrogens is 412 g/mol. The summed E-state index contributed by atoms with van der Waals surface area (Å²) in [5.74, 6) is -0.561. The molecule has 1 atom stereocenters. The van der Waals surface area contributed by atoms with Crippen LogP contribution in [0.1, 0.15) is 37.5 Å². The molecule has 0 aliphatic carbocycles. The summed E-state index contributed by atoms with van der Waals surface area (Å²) in [6.07, 6.45) is 3.23. The maximum atomic E-state index is 13.8. The zero-order valence-electron chi connectivity index (χ0n) is 18.1. The molecule has 1 aromatic carbocycles. The van der Waals surface area contributed by atoms with Crippen molar-refractivity contribution in [1.29, 1.82) is 0 Å². The largest absolute Gasteiger partial charge is 0.383 e. The molecule has 0 bridgehead atoms. The summed E-state index contributed by atoms with van der Waals surface area (Å²) in [4.78, 5) is 37.7. The van der Waals surface area contributed by atoms with E-state index in [4.69, 9.17) is 4.74 Å². The monoisotopic (exact) mass is 438 g/mol.